The van der Waals surface area contributed by atoms with Gasteiger partial charge in [0.1, 0.15) is 0 Å². The topological polar surface area (TPSA) is 40.5 Å². The molecule has 0 aromatic carbocycles. The molecule has 0 aliphatic carbocycles. The molecule has 0 aromatic rings. The summed E-state index contributed by atoms with van der Waals surface area (Å²) in [6.07, 6.45) is 1.46. The van der Waals surface area contributed by atoms with Crippen LogP contribution in [0.15, 0.2) is 0 Å². The van der Waals surface area contributed by atoms with Crippen LogP contribution in [0, 0.1) is 0 Å². The van der Waals surface area contributed by atoms with Crippen LogP contribution in [0.3, 0.4) is 0 Å². The highest BCUT2D eigenvalue weighted by atomic mass is 32.2. The Kier molecular flexibility index (Phi) is 4.59. The van der Waals surface area contributed by atoms with Gasteiger partial charge < -0.3 is 5.11 Å². The molecule has 1 N–H and O–H groups in total. The second-order valence-electron chi connectivity index (χ2n) is 3.45. The van der Waals surface area contributed by atoms with E-state index in [1.807, 2.05) is 18.7 Å². The average Bonchev–Trinajstić information content (AvgIpc) is 2.29. The van der Waals surface area contributed by atoms with Gasteiger partial charge in [-0.15, -0.1) is 0 Å². The van der Waals surface area contributed by atoms with Crippen LogP contribution in [0.1, 0.15) is 19.8 Å². The molecule has 1 aliphatic rings. The lowest BCUT2D eigenvalue weighted by Gasteiger charge is -2.25. The molecule has 76 valence electrons. The number of carbonyl (C=O) groups is 1. The van der Waals surface area contributed by atoms with Crippen molar-refractivity contribution in [3.05, 3.63) is 0 Å². The fourth-order valence-corrected chi connectivity index (χ4v) is 2.49. The lowest BCUT2D eigenvalue weighted by molar-refractivity contribution is -0.138. The van der Waals surface area contributed by atoms with Crippen molar-refractivity contribution < 1.29 is 9.90 Å². The van der Waals surface area contributed by atoms with Gasteiger partial charge in [-0.1, -0.05) is 0 Å². The van der Waals surface area contributed by atoms with Gasteiger partial charge in [0.15, 0.2) is 0 Å². The van der Waals surface area contributed by atoms with E-state index in [2.05, 4.69) is 4.90 Å². The molecule has 1 aliphatic heterocycles. The summed E-state index contributed by atoms with van der Waals surface area (Å²) in [4.78, 5) is 12.8. The van der Waals surface area contributed by atoms with E-state index in [0.717, 1.165) is 18.8 Å². The van der Waals surface area contributed by atoms with Crippen molar-refractivity contribution in [2.75, 3.05) is 24.6 Å². The first kappa shape index (κ1) is 10.9. The van der Waals surface area contributed by atoms with Gasteiger partial charge in [-0.3, -0.25) is 9.69 Å². The van der Waals surface area contributed by atoms with Crippen molar-refractivity contribution in [1.82, 2.24) is 4.90 Å². The molecule has 4 heteroatoms. The zero-order valence-corrected chi connectivity index (χ0v) is 8.85. The number of aliphatic carboxylic acids is 1. The Morgan fingerprint density at radius 1 is 1.54 bits per heavy atom. The van der Waals surface area contributed by atoms with E-state index >= 15 is 0 Å². The molecule has 3 nitrogen and oxygen atoms in total. The van der Waals surface area contributed by atoms with Crippen LogP contribution in [0.2, 0.25) is 0 Å². The molecule has 0 saturated carbocycles. The summed E-state index contributed by atoms with van der Waals surface area (Å²) in [7, 11) is 0. The normalized spacial score (nSPS) is 22.2. The third-order valence-corrected chi connectivity index (χ3v) is 3.40. The van der Waals surface area contributed by atoms with Gasteiger partial charge in [0.2, 0.25) is 0 Å². The maximum Gasteiger partial charge on any atom is 0.304 e. The Balaban J connectivity index is 2.34. The first-order valence-electron chi connectivity index (χ1n) is 4.73. The minimum absolute atomic E-state index is 0.191. The maximum atomic E-state index is 10.5. The van der Waals surface area contributed by atoms with E-state index in [0.29, 0.717) is 0 Å². The second-order valence-corrected chi connectivity index (χ2v) is 4.67. The molecule has 0 amide bonds. The van der Waals surface area contributed by atoms with E-state index < -0.39 is 5.97 Å². The second kappa shape index (κ2) is 5.50. The predicted molar refractivity (Wildman–Crippen MR) is 55.2 cm³/mol. The van der Waals surface area contributed by atoms with Gasteiger partial charge in [0, 0.05) is 18.3 Å². The molecule has 0 aromatic heterocycles. The third kappa shape index (κ3) is 4.00. The molecule has 0 spiro atoms. The summed E-state index contributed by atoms with van der Waals surface area (Å²) in [5.41, 5.74) is 0. The quantitative estimate of drug-likeness (QED) is 0.750. The number of hydrogen-bond donors (Lipinski definition) is 1. The third-order valence-electron chi connectivity index (χ3n) is 2.35. The molecular weight excluding hydrogens is 186 g/mol. The van der Waals surface area contributed by atoms with Crippen molar-refractivity contribution in [2.45, 2.75) is 25.8 Å². The summed E-state index contributed by atoms with van der Waals surface area (Å²) < 4.78 is 0. The van der Waals surface area contributed by atoms with Crippen LogP contribution < -0.4 is 0 Å². The van der Waals surface area contributed by atoms with Crippen molar-refractivity contribution in [2.24, 2.45) is 0 Å². The molecule has 1 saturated heterocycles. The van der Waals surface area contributed by atoms with E-state index in [4.69, 9.17) is 5.11 Å². The van der Waals surface area contributed by atoms with Crippen molar-refractivity contribution in [3.63, 3.8) is 0 Å². The molecule has 1 fully saturated rings. The smallest absolute Gasteiger partial charge is 0.304 e. The number of rotatable bonds is 3. The minimum Gasteiger partial charge on any atom is -0.481 e. The molecule has 13 heavy (non-hydrogen) atoms. The summed E-state index contributed by atoms with van der Waals surface area (Å²) in [6.45, 7) is 4.10. The maximum absolute atomic E-state index is 10.5. The fraction of sp³-hybridized carbons (Fsp3) is 0.889. The number of thioether (sulfide) groups is 1. The summed E-state index contributed by atoms with van der Waals surface area (Å²) in [5.74, 6) is 1.67. The number of hydrogen-bond acceptors (Lipinski definition) is 3. The molecule has 1 unspecified atom stereocenters. The largest absolute Gasteiger partial charge is 0.481 e. The van der Waals surface area contributed by atoms with Crippen LogP contribution in [0.5, 0.6) is 0 Å². The molecule has 1 atom stereocenters. The summed E-state index contributed by atoms with van der Waals surface area (Å²) >= 11 is 1.97. The zero-order chi connectivity index (χ0) is 9.68. The van der Waals surface area contributed by atoms with E-state index in [-0.39, 0.29) is 12.5 Å². The van der Waals surface area contributed by atoms with Crippen LogP contribution in [-0.2, 0) is 4.79 Å². The first-order valence-corrected chi connectivity index (χ1v) is 5.89. The molecular formula is C9H17NO2S. The predicted octanol–water partition coefficient (Wildman–Crippen LogP) is 1.29. The standard InChI is InChI=1S/C9H17NO2S/c1-8(7-9(11)12)10-3-2-5-13-6-4-10/h8H,2-7H2,1H3,(H,11,12). The van der Waals surface area contributed by atoms with Crippen molar-refractivity contribution in [3.8, 4) is 0 Å². The van der Waals surface area contributed by atoms with Crippen LogP contribution in [0.4, 0.5) is 0 Å². The summed E-state index contributed by atoms with van der Waals surface area (Å²) in [6, 6.07) is 0.191. The Morgan fingerprint density at radius 2 is 2.31 bits per heavy atom. The van der Waals surface area contributed by atoms with Gasteiger partial charge >= 0.3 is 5.97 Å². The van der Waals surface area contributed by atoms with Gasteiger partial charge in [0.05, 0.1) is 6.42 Å². The SMILES string of the molecule is CC(CC(=O)O)N1CCCSCC1. The number of nitrogens with zero attached hydrogens (tertiary/aromatic N) is 1. The van der Waals surface area contributed by atoms with Crippen LogP contribution in [0.25, 0.3) is 0 Å². The van der Waals surface area contributed by atoms with Crippen molar-refractivity contribution >= 4 is 17.7 Å². The Hall–Kier alpha value is -0.220. The Labute approximate surface area is 83.5 Å². The highest BCUT2D eigenvalue weighted by Crippen LogP contribution is 2.13. The zero-order valence-electron chi connectivity index (χ0n) is 8.03. The van der Waals surface area contributed by atoms with Crippen LogP contribution in [-0.4, -0.2) is 46.6 Å². The minimum atomic E-state index is -0.690. The van der Waals surface area contributed by atoms with Gasteiger partial charge in [-0.2, -0.15) is 11.8 Å². The van der Waals surface area contributed by atoms with Crippen molar-refractivity contribution in [1.29, 1.82) is 0 Å². The van der Waals surface area contributed by atoms with Gasteiger partial charge in [-0.25, -0.2) is 0 Å². The monoisotopic (exact) mass is 203 g/mol. The van der Waals surface area contributed by atoms with Gasteiger partial charge in [-0.05, 0) is 25.6 Å². The number of carboxylic acids is 1. The van der Waals surface area contributed by atoms with E-state index in [1.165, 1.54) is 12.2 Å². The summed E-state index contributed by atoms with van der Waals surface area (Å²) in [5, 5.41) is 8.65. The fourth-order valence-electron chi connectivity index (χ4n) is 1.59. The molecule has 0 bridgehead atoms. The van der Waals surface area contributed by atoms with E-state index in [1.54, 1.807) is 0 Å². The number of carboxylic acid groups (broad SMARTS) is 1. The lowest BCUT2D eigenvalue weighted by Crippen LogP contribution is -2.36. The Bertz CT molecular complexity index is 167. The molecule has 0 radical (unpaired) electrons. The molecule has 1 heterocycles. The average molecular weight is 203 g/mol. The first-order chi connectivity index (χ1) is 6.20. The highest BCUT2D eigenvalue weighted by molar-refractivity contribution is 7.99. The lowest BCUT2D eigenvalue weighted by atomic mass is 10.2. The van der Waals surface area contributed by atoms with Gasteiger partial charge in [0.25, 0.3) is 0 Å². The Morgan fingerprint density at radius 3 is 3.00 bits per heavy atom. The van der Waals surface area contributed by atoms with Crippen LogP contribution >= 0.6 is 11.8 Å². The molecule has 1 rings (SSSR count). The highest BCUT2D eigenvalue weighted by Gasteiger charge is 2.17. The van der Waals surface area contributed by atoms with E-state index in [9.17, 15) is 4.79 Å².